The molecule has 0 radical (unpaired) electrons. The molecule has 0 spiro atoms. The minimum atomic E-state index is -0.149. The zero-order valence-electron chi connectivity index (χ0n) is 10.4. The van der Waals surface area contributed by atoms with E-state index in [0.717, 1.165) is 12.8 Å². The highest BCUT2D eigenvalue weighted by atomic mass is 16.7. The molecule has 0 N–H and O–H groups in total. The molecule has 0 amide bonds. The van der Waals surface area contributed by atoms with Gasteiger partial charge in [0.2, 0.25) is 0 Å². The second-order valence-electron chi connectivity index (χ2n) is 3.76. The van der Waals surface area contributed by atoms with Crippen molar-refractivity contribution in [2.75, 3.05) is 13.2 Å². The average molecular weight is 216 g/mol. The number of Topliss-reactive ketones (excluding diaryl/α,β-unsaturated/α-hetero) is 1. The Hall–Kier alpha value is -0.410. The Morgan fingerprint density at radius 1 is 1.13 bits per heavy atom. The SMILES string of the molecule is CCOC(C[C@@H](CC)CC(C)=O)OCC. The van der Waals surface area contributed by atoms with Crippen molar-refractivity contribution in [3.8, 4) is 0 Å². The summed E-state index contributed by atoms with van der Waals surface area (Å²) in [5.74, 6) is 0.624. The fraction of sp³-hybridized carbons (Fsp3) is 0.917. The Morgan fingerprint density at radius 3 is 2.00 bits per heavy atom. The van der Waals surface area contributed by atoms with E-state index in [9.17, 15) is 4.79 Å². The van der Waals surface area contributed by atoms with Gasteiger partial charge in [0.25, 0.3) is 0 Å². The van der Waals surface area contributed by atoms with Crippen LogP contribution in [-0.4, -0.2) is 25.3 Å². The van der Waals surface area contributed by atoms with Gasteiger partial charge in [-0.3, -0.25) is 0 Å². The van der Waals surface area contributed by atoms with Gasteiger partial charge in [-0.05, 0) is 26.7 Å². The van der Waals surface area contributed by atoms with Gasteiger partial charge in [-0.15, -0.1) is 0 Å². The molecular weight excluding hydrogens is 192 g/mol. The molecule has 3 nitrogen and oxygen atoms in total. The number of rotatable bonds is 9. The predicted octanol–water partition coefficient (Wildman–Crippen LogP) is 2.78. The van der Waals surface area contributed by atoms with Crippen LogP contribution in [0.25, 0.3) is 0 Å². The van der Waals surface area contributed by atoms with Crippen molar-refractivity contribution < 1.29 is 14.3 Å². The van der Waals surface area contributed by atoms with E-state index in [1.165, 1.54) is 0 Å². The minimum absolute atomic E-state index is 0.149. The van der Waals surface area contributed by atoms with E-state index in [2.05, 4.69) is 6.92 Å². The standard InChI is InChI=1S/C12H24O3/c1-5-11(8-10(4)13)9-12(14-6-2)15-7-3/h11-12H,5-9H2,1-4H3/t11-/m0/s1. The molecule has 0 aliphatic heterocycles. The molecule has 0 rings (SSSR count). The summed E-state index contributed by atoms with van der Waals surface area (Å²) in [6, 6.07) is 0. The third-order valence-electron chi connectivity index (χ3n) is 2.38. The molecule has 1 atom stereocenters. The average Bonchev–Trinajstić information content (AvgIpc) is 2.16. The quantitative estimate of drug-likeness (QED) is 0.556. The molecular formula is C12H24O3. The first-order valence-electron chi connectivity index (χ1n) is 5.86. The van der Waals surface area contributed by atoms with Gasteiger partial charge >= 0.3 is 0 Å². The third kappa shape index (κ3) is 7.51. The van der Waals surface area contributed by atoms with Gasteiger partial charge in [-0.25, -0.2) is 0 Å². The molecule has 0 saturated carbocycles. The van der Waals surface area contributed by atoms with E-state index in [-0.39, 0.29) is 12.1 Å². The largest absolute Gasteiger partial charge is 0.353 e. The summed E-state index contributed by atoms with van der Waals surface area (Å²) in [6.45, 7) is 8.96. The van der Waals surface area contributed by atoms with Gasteiger partial charge in [-0.1, -0.05) is 13.3 Å². The third-order valence-corrected chi connectivity index (χ3v) is 2.38. The fourth-order valence-electron chi connectivity index (χ4n) is 1.63. The van der Waals surface area contributed by atoms with E-state index in [4.69, 9.17) is 9.47 Å². The van der Waals surface area contributed by atoms with Crippen LogP contribution < -0.4 is 0 Å². The zero-order chi connectivity index (χ0) is 11.7. The molecule has 0 aromatic rings. The molecule has 0 aliphatic carbocycles. The van der Waals surface area contributed by atoms with Crippen LogP contribution in [0.5, 0.6) is 0 Å². The predicted molar refractivity (Wildman–Crippen MR) is 60.7 cm³/mol. The van der Waals surface area contributed by atoms with Gasteiger partial charge in [0.15, 0.2) is 6.29 Å². The normalized spacial score (nSPS) is 13.1. The second kappa shape index (κ2) is 8.86. The lowest BCUT2D eigenvalue weighted by molar-refractivity contribution is -0.147. The minimum Gasteiger partial charge on any atom is -0.353 e. The Kier molecular flexibility index (Phi) is 8.62. The van der Waals surface area contributed by atoms with Crippen molar-refractivity contribution in [3.63, 3.8) is 0 Å². The Labute approximate surface area is 93.1 Å². The zero-order valence-corrected chi connectivity index (χ0v) is 10.4. The topological polar surface area (TPSA) is 35.5 Å². The highest BCUT2D eigenvalue weighted by molar-refractivity contribution is 5.75. The Bertz CT molecular complexity index is 162. The van der Waals surface area contributed by atoms with Crippen LogP contribution in [-0.2, 0) is 14.3 Å². The molecule has 90 valence electrons. The molecule has 0 saturated heterocycles. The van der Waals surface area contributed by atoms with Crippen molar-refractivity contribution in [1.82, 2.24) is 0 Å². The summed E-state index contributed by atoms with van der Waals surface area (Å²) in [5, 5.41) is 0. The molecule has 0 heterocycles. The number of carbonyl (C=O) groups excluding carboxylic acids is 1. The first kappa shape index (κ1) is 14.6. The summed E-state index contributed by atoms with van der Waals surface area (Å²) in [7, 11) is 0. The van der Waals surface area contributed by atoms with Crippen molar-refractivity contribution in [1.29, 1.82) is 0 Å². The highest BCUT2D eigenvalue weighted by Gasteiger charge is 2.16. The first-order valence-corrected chi connectivity index (χ1v) is 5.86. The number of hydrogen-bond donors (Lipinski definition) is 0. The van der Waals surface area contributed by atoms with Crippen LogP contribution in [0.1, 0.15) is 47.0 Å². The Balaban J connectivity index is 4.02. The van der Waals surface area contributed by atoms with Crippen LogP contribution in [0.15, 0.2) is 0 Å². The number of hydrogen-bond acceptors (Lipinski definition) is 3. The lowest BCUT2D eigenvalue weighted by Crippen LogP contribution is -2.22. The molecule has 0 aliphatic rings. The van der Waals surface area contributed by atoms with Gasteiger partial charge in [0, 0.05) is 26.1 Å². The maximum atomic E-state index is 11.0. The summed E-state index contributed by atoms with van der Waals surface area (Å²) >= 11 is 0. The van der Waals surface area contributed by atoms with Crippen molar-refractivity contribution in [2.45, 2.75) is 53.2 Å². The number of ether oxygens (including phenoxy) is 2. The molecule has 0 bridgehead atoms. The second-order valence-corrected chi connectivity index (χ2v) is 3.76. The first-order chi connectivity index (χ1) is 7.13. The van der Waals surface area contributed by atoms with Crippen LogP contribution in [0.4, 0.5) is 0 Å². The molecule has 0 fully saturated rings. The van der Waals surface area contributed by atoms with E-state index in [1.807, 2.05) is 13.8 Å². The van der Waals surface area contributed by atoms with Gasteiger partial charge in [0.1, 0.15) is 5.78 Å². The summed E-state index contributed by atoms with van der Waals surface area (Å²) in [6.07, 6.45) is 2.30. The maximum absolute atomic E-state index is 11.0. The summed E-state index contributed by atoms with van der Waals surface area (Å²) < 4.78 is 10.9. The van der Waals surface area contributed by atoms with E-state index in [1.54, 1.807) is 6.92 Å². The molecule has 0 unspecified atom stereocenters. The fourth-order valence-corrected chi connectivity index (χ4v) is 1.63. The number of carbonyl (C=O) groups is 1. The maximum Gasteiger partial charge on any atom is 0.157 e. The Morgan fingerprint density at radius 2 is 1.67 bits per heavy atom. The van der Waals surface area contributed by atoms with Crippen LogP contribution in [0.2, 0.25) is 0 Å². The molecule has 3 heteroatoms. The van der Waals surface area contributed by atoms with Crippen molar-refractivity contribution in [2.24, 2.45) is 5.92 Å². The number of ketones is 1. The van der Waals surface area contributed by atoms with Crippen LogP contribution in [0.3, 0.4) is 0 Å². The lowest BCUT2D eigenvalue weighted by Gasteiger charge is -2.21. The molecule has 15 heavy (non-hydrogen) atoms. The summed E-state index contributed by atoms with van der Waals surface area (Å²) in [5.41, 5.74) is 0. The van der Waals surface area contributed by atoms with Crippen molar-refractivity contribution in [3.05, 3.63) is 0 Å². The van der Waals surface area contributed by atoms with E-state index < -0.39 is 0 Å². The van der Waals surface area contributed by atoms with E-state index >= 15 is 0 Å². The van der Waals surface area contributed by atoms with Crippen molar-refractivity contribution >= 4 is 5.78 Å². The van der Waals surface area contributed by atoms with Crippen LogP contribution in [0, 0.1) is 5.92 Å². The summed E-state index contributed by atoms with van der Waals surface area (Å²) in [4.78, 5) is 11.0. The van der Waals surface area contributed by atoms with Gasteiger partial charge < -0.3 is 14.3 Å². The van der Waals surface area contributed by atoms with Gasteiger partial charge in [0.05, 0.1) is 0 Å². The highest BCUT2D eigenvalue weighted by Crippen LogP contribution is 2.18. The monoisotopic (exact) mass is 216 g/mol. The van der Waals surface area contributed by atoms with Gasteiger partial charge in [-0.2, -0.15) is 0 Å². The van der Waals surface area contributed by atoms with E-state index in [0.29, 0.717) is 25.6 Å². The van der Waals surface area contributed by atoms with Crippen LogP contribution >= 0.6 is 0 Å². The molecule has 0 aromatic heterocycles. The lowest BCUT2D eigenvalue weighted by atomic mass is 9.96. The smallest absolute Gasteiger partial charge is 0.157 e. The molecule has 0 aromatic carbocycles.